The van der Waals surface area contributed by atoms with Crippen molar-refractivity contribution in [1.82, 2.24) is 4.40 Å². The van der Waals surface area contributed by atoms with E-state index in [9.17, 15) is 0 Å². The fourth-order valence-electron chi connectivity index (χ4n) is 1.73. The van der Waals surface area contributed by atoms with Gasteiger partial charge in [-0.05, 0) is 13.0 Å². The molecule has 3 heteroatoms. The standard InChI is InChI=1S/C11H15N2.BrH/c1-3-10-9-12(4-2)11-7-5-6-8-13(10)11;/h5-9H,3-4H2,1-2H3;1H/q+1;/p-1. The summed E-state index contributed by atoms with van der Waals surface area (Å²) in [5, 5.41) is 0. The van der Waals surface area contributed by atoms with Crippen LogP contribution in [0.15, 0.2) is 30.6 Å². The first kappa shape index (κ1) is 11.2. The van der Waals surface area contributed by atoms with Crippen LogP contribution in [0.25, 0.3) is 5.65 Å². The van der Waals surface area contributed by atoms with E-state index in [2.05, 4.69) is 53.4 Å². The SMILES string of the molecule is CCc1c[n+](CC)c2ccccn12.[Br-]. The Morgan fingerprint density at radius 2 is 2.07 bits per heavy atom. The van der Waals surface area contributed by atoms with Crippen LogP contribution in [0.1, 0.15) is 19.5 Å². The number of rotatable bonds is 2. The summed E-state index contributed by atoms with van der Waals surface area (Å²) in [5.41, 5.74) is 2.65. The molecule has 0 bridgehead atoms. The third-order valence-corrected chi connectivity index (χ3v) is 2.45. The maximum absolute atomic E-state index is 2.28. The first-order chi connectivity index (χ1) is 6.36. The van der Waals surface area contributed by atoms with Gasteiger partial charge in [0, 0.05) is 12.5 Å². The molecule has 0 saturated carbocycles. The van der Waals surface area contributed by atoms with Gasteiger partial charge >= 0.3 is 0 Å². The summed E-state index contributed by atoms with van der Waals surface area (Å²) in [6.45, 7) is 5.40. The number of imidazole rings is 1. The molecule has 2 aromatic rings. The van der Waals surface area contributed by atoms with Crippen LogP contribution in [0.4, 0.5) is 0 Å². The topological polar surface area (TPSA) is 8.29 Å². The zero-order valence-electron chi connectivity index (χ0n) is 8.57. The van der Waals surface area contributed by atoms with Gasteiger partial charge in [-0.15, -0.1) is 0 Å². The van der Waals surface area contributed by atoms with Crippen LogP contribution < -0.4 is 21.5 Å². The second-order valence-electron chi connectivity index (χ2n) is 3.19. The highest BCUT2D eigenvalue weighted by atomic mass is 79.9. The van der Waals surface area contributed by atoms with Crippen molar-refractivity contribution in [2.45, 2.75) is 26.8 Å². The van der Waals surface area contributed by atoms with Crippen LogP contribution in [0, 0.1) is 0 Å². The molecule has 14 heavy (non-hydrogen) atoms. The van der Waals surface area contributed by atoms with Crippen LogP contribution in [0.2, 0.25) is 0 Å². The lowest BCUT2D eigenvalue weighted by molar-refractivity contribution is -0.667. The lowest BCUT2D eigenvalue weighted by atomic mass is 10.3. The molecule has 2 aromatic heterocycles. The third-order valence-electron chi connectivity index (χ3n) is 2.45. The molecule has 0 atom stereocenters. The van der Waals surface area contributed by atoms with E-state index in [-0.39, 0.29) is 17.0 Å². The van der Waals surface area contributed by atoms with E-state index in [1.54, 1.807) is 0 Å². The Morgan fingerprint density at radius 3 is 2.71 bits per heavy atom. The summed E-state index contributed by atoms with van der Waals surface area (Å²) in [5.74, 6) is 0. The first-order valence-electron chi connectivity index (χ1n) is 4.85. The lowest BCUT2D eigenvalue weighted by Gasteiger charge is -1.89. The minimum absolute atomic E-state index is 0. The average Bonchev–Trinajstić information content (AvgIpc) is 2.56. The Bertz CT molecular complexity index is 382. The molecule has 0 fully saturated rings. The van der Waals surface area contributed by atoms with Gasteiger partial charge in [-0.2, -0.15) is 0 Å². The smallest absolute Gasteiger partial charge is 0.286 e. The minimum Gasteiger partial charge on any atom is -1.00 e. The van der Waals surface area contributed by atoms with Crippen molar-refractivity contribution in [1.29, 1.82) is 0 Å². The first-order valence-corrected chi connectivity index (χ1v) is 4.85. The molecule has 0 spiro atoms. The van der Waals surface area contributed by atoms with Crippen molar-refractivity contribution in [3.8, 4) is 0 Å². The monoisotopic (exact) mass is 254 g/mol. The van der Waals surface area contributed by atoms with Crippen molar-refractivity contribution in [2.24, 2.45) is 0 Å². The van der Waals surface area contributed by atoms with Gasteiger partial charge in [-0.1, -0.05) is 13.0 Å². The highest BCUT2D eigenvalue weighted by Crippen LogP contribution is 2.04. The van der Waals surface area contributed by atoms with Crippen LogP contribution in [-0.2, 0) is 13.0 Å². The van der Waals surface area contributed by atoms with Crippen LogP contribution >= 0.6 is 0 Å². The van der Waals surface area contributed by atoms with Gasteiger partial charge in [0.15, 0.2) is 0 Å². The fourth-order valence-corrected chi connectivity index (χ4v) is 1.73. The quantitative estimate of drug-likeness (QED) is 0.597. The van der Waals surface area contributed by atoms with Crippen molar-refractivity contribution >= 4 is 5.65 Å². The summed E-state index contributed by atoms with van der Waals surface area (Å²) >= 11 is 0. The lowest BCUT2D eigenvalue weighted by Crippen LogP contribution is -3.00. The summed E-state index contributed by atoms with van der Waals surface area (Å²) < 4.78 is 4.53. The zero-order chi connectivity index (χ0) is 9.26. The molecule has 76 valence electrons. The largest absolute Gasteiger partial charge is 1.00 e. The number of aryl methyl sites for hydroxylation is 2. The second-order valence-corrected chi connectivity index (χ2v) is 3.19. The van der Waals surface area contributed by atoms with Crippen molar-refractivity contribution in [2.75, 3.05) is 0 Å². The highest BCUT2D eigenvalue weighted by Gasteiger charge is 2.12. The number of fused-ring (bicyclic) bond motifs is 1. The number of halogens is 1. The minimum atomic E-state index is 0. The molecule has 0 radical (unpaired) electrons. The summed E-state index contributed by atoms with van der Waals surface area (Å²) in [6.07, 6.45) is 5.44. The molecular formula is C11H15BrN2. The van der Waals surface area contributed by atoms with Gasteiger partial charge < -0.3 is 17.0 Å². The predicted octanol–water partition coefficient (Wildman–Crippen LogP) is -1.19. The van der Waals surface area contributed by atoms with Gasteiger partial charge in [-0.3, -0.25) is 0 Å². The normalized spacial score (nSPS) is 10.1. The highest BCUT2D eigenvalue weighted by molar-refractivity contribution is 5.33. The molecule has 0 aliphatic heterocycles. The summed E-state index contributed by atoms with van der Waals surface area (Å²) in [7, 11) is 0. The number of hydrogen-bond acceptors (Lipinski definition) is 0. The van der Waals surface area contributed by atoms with E-state index < -0.39 is 0 Å². The molecule has 0 aliphatic carbocycles. The maximum Gasteiger partial charge on any atom is 0.286 e. The molecule has 0 aliphatic rings. The van der Waals surface area contributed by atoms with E-state index in [1.165, 1.54) is 11.3 Å². The number of aromatic nitrogens is 2. The number of pyridine rings is 1. The zero-order valence-corrected chi connectivity index (χ0v) is 10.2. The van der Waals surface area contributed by atoms with Gasteiger partial charge in [0.05, 0.1) is 12.7 Å². The average molecular weight is 255 g/mol. The number of hydrogen-bond donors (Lipinski definition) is 0. The Labute approximate surface area is 95.0 Å². The molecule has 2 heterocycles. The predicted molar refractivity (Wildman–Crippen MR) is 52.6 cm³/mol. The fraction of sp³-hybridized carbons (Fsp3) is 0.364. The Morgan fingerprint density at radius 1 is 1.29 bits per heavy atom. The van der Waals surface area contributed by atoms with Crippen LogP contribution in [-0.4, -0.2) is 4.40 Å². The van der Waals surface area contributed by atoms with E-state index in [4.69, 9.17) is 0 Å². The molecule has 0 N–H and O–H groups in total. The van der Waals surface area contributed by atoms with E-state index >= 15 is 0 Å². The maximum atomic E-state index is 2.28. The van der Waals surface area contributed by atoms with E-state index in [0.717, 1.165) is 13.0 Å². The molecular weight excluding hydrogens is 240 g/mol. The summed E-state index contributed by atoms with van der Waals surface area (Å²) in [6, 6.07) is 6.32. The molecule has 0 amide bonds. The molecule has 2 nitrogen and oxygen atoms in total. The van der Waals surface area contributed by atoms with E-state index in [1.807, 2.05) is 0 Å². The van der Waals surface area contributed by atoms with Gasteiger partial charge in [0.2, 0.25) is 0 Å². The Kier molecular flexibility index (Phi) is 3.69. The third kappa shape index (κ3) is 1.69. The molecule has 2 rings (SSSR count). The Hall–Kier alpha value is -0.830. The van der Waals surface area contributed by atoms with Crippen molar-refractivity contribution < 1.29 is 21.5 Å². The molecule has 0 unspecified atom stereocenters. The summed E-state index contributed by atoms with van der Waals surface area (Å²) in [4.78, 5) is 0. The molecule has 0 saturated heterocycles. The Balaban J connectivity index is 0.000000980. The van der Waals surface area contributed by atoms with Crippen molar-refractivity contribution in [3.63, 3.8) is 0 Å². The number of nitrogens with zero attached hydrogens (tertiary/aromatic N) is 2. The molecule has 0 aromatic carbocycles. The van der Waals surface area contributed by atoms with Crippen LogP contribution in [0.3, 0.4) is 0 Å². The second kappa shape index (κ2) is 4.60. The van der Waals surface area contributed by atoms with Crippen molar-refractivity contribution in [3.05, 3.63) is 36.3 Å². The van der Waals surface area contributed by atoms with Gasteiger partial charge in [0.25, 0.3) is 5.65 Å². The van der Waals surface area contributed by atoms with Gasteiger partial charge in [-0.25, -0.2) is 8.97 Å². The van der Waals surface area contributed by atoms with E-state index in [0.29, 0.717) is 0 Å². The van der Waals surface area contributed by atoms with Crippen LogP contribution in [0.5, 0.6) is 0 Å². The van der Waals surface area contributed by atoms with Gasteiger partial charge in [0.1, 0.15) is 11.9 Å².